The fourth-order valence-corrected chi connectivity index (χ4v) is 0.904. The van der Waals surface area contributed by atoms with Crippen molar-refractivity contribution in [1.29, 1.82) is 0 Å². The lowest BCUT2D eigenvalue weighted by Gasteiger charge is -2.04. The highest BCUT2D eigenvalue weighted by Crippen LogP contribution is 2.11. The average Bonchev–Trinajstić information content (AvgIpc) is 2.39. The van der Waals surface area contributed by atoms with Crippen LogP contribution in [0.4, 0.5) is 0 Å². The standard InChI is InChI=1S/C11H16O.2C2H6/c1-5-8-9-10(6-2)11(7-3)12-4;2*1-2/h5,7-9H,1,3,6H2,2,4H3;2*1-2H3/b9-8-,11-10+;;. The lowest BCUT2D eigenvalue weighted by molar-refractivity contribution is 0.302. The number of methoxy groups -OCH3 is 1. The molecular weight excluding hydrogens is 196 g/mol. The number of hydrogen-bond donors (Lipinski definition) is 0. The van der Waals surface area contributed by atoms with Gasteiger partial charge in [0.2, 0.25) is 0 Å². The number of rotatable bonds is 5. The van der Waals surface area contributed by atoms with Crippen molar-refractivity contribution in [2.45, 2.75) is 41.0 Å². The second-order valence-electron chi connectivity index (χ2n) is 2.25. The number of allylic oxidation sites excluding steroid dienone is 5. The van der Waals surface area contributed by atoms with E-state index in [1.54, 1.807) is 19.3 Å². The molecule has 0 spiro atoms. The molecule has 0 saturated carbocycles. The fraction of sp³-hybridized carbons (Fsp3) is 0.467. The van der Waals surface area contributed by atoms with E-state index in [0.29, 0.717) is 0 Å². The number of ether oxygens (including phenoxy) is 1. The summed E-state index contributed by atoms with van der Waals surface area (Å²) in [6, 6.07) is 0. The smallest absolute Gasteiger partial charge is 0.121 e. The SMILES string of the molecule is C=C/C=C\C(CC)=C(/C=C)OC.CC.CC. The molecule has 0 radical (unpaired) electrons. The van der Waals surface area contributed by atoms with E-state index >= 15 is 0 Å². The van der Waals surface area contributed by atoms with E-state index in [-0.39, 0.29) is 0 Å². The molecule has 16 heavy (non-hydrogen) atoms. The van der Waals surface area contributed by atoms with Crippen molar-refractivity contribution in [3.05, 3.63) is 48.8 Å². The molecule has 0 aromatic rings. The van der Waals surface area contributed by atoms with E-state index in [1.807, 2.05) is 39.8 Å². The van der Waals surface area contributed by atoms with Gasteiger partial charge in [0.1, 0.15) is 5.76 Å². The van der Waals surface area contributed by atoms with Crippen LogP contribution in [0, 0.1) is 0 Å². The van der Waals surface area contributed by atoms with Crippen molar-refractivity contribution in [3.63, 3.8) is 0 Å². The Morgan fingerprint density at radius 2 is 1.62 bits per heavy atom. The van der Waals surface area contributed by atoms with Crippen LogP contribution in [0.15, 0.2) is 48.8 Å². The fourth-order valence-electron chi connectivity index (χ4n) is 0.904. The highest BCUT2D eigenvalue weighted by Gasteiger charge is 1.96. The molecule has 0 atom stereocenters. The normalized spacial score (nSPS) is 10.1. The van der Waals surface area contributed by atoms with Crippen molar-refractivity contribution < 1.29 is 4.74 Å². The van der Waals surface area contributed by atoms with Crippen molar-refractivity contribution in [3.8, 4) is 0 Å². The van der Waals surface area contributed by atoms with Gasteiger partial charge in [-0.1, -0.05) is 66.0 Å². The maximum Gasteiger partial charge on any atom is 0.121 e. The minimum atomic E-state index is 0.829. The van der Waals surface area contributed by atoms with Gasteiger partial charge >= 0.3 is 0 Å². The molecule has 0 aliphatic carbocycles. The van der Waals surface area contributed by atoms with Crippen LogP contribution in [0.25, 0.3) is 0 Å². The van der Waals surface area contributed by atoms with E-state index in [4.69, 9.17) is 4.74 Å². The Hall–Kier alpha value is -1.24. The van der Waals surface area contributed by atoms with E-state index in [9.17, 15) is 0 Å². The van der Waals surface area contributed by atoms with Gasteiger partial charge in [0.15, 0.2) is 0 Å². The van der Waals surface area contributed by atoms with Crippen LogP contribution >= 0.6 is 0 Å². The first-order valence-electron chi connectivity index (χ1n) is 5.98. The predicted molar refractivity (Wildman–Crippen MR) is 76.6 cm³/mol. The first kappa shape index (κ1) is 20.2. The summed E-state index contributed by atoms with van der Waals surface area (Å²) < 4.78 is 5.13. The molecule has 0 N–H and O–H groups in total. The Labute approximate surface area is 102 Å². The highest BCUT2D eigenvalue weighted by molar-refractivity contribution is 5.29. The second-order valence-corrected chi connectivity index (χ2v) is 2.25. The van der Waals surface area contributed by atoms with E-state index in [1.165, 1.54) is 0 Å². The minimum absolute atomic E-state index is 0.829. The lowest BCUT2D eigenvalue weighted by Crippen LogP contribution is -1.87. The Bertz CT molecular complexity index is 209. The third kappa shape index (κ3) is 10.8. The molecule has 0 bridgehead atoms. The Kier molecular flexibility index (Phi) is 24.4. The quantitative estimate of drug-likeness (QED) is 0.456. The molecule has 0 aliphatic heterocycles. The third-order valence-corrected chi connectivity index (χ3v) is 1.54. The molecule has 0 aromatic heterocycles. The maximum absolute atomic E-state index is 5.13. The molecule has 0 unspecified atom stereocenters. The van der Waals surface area contributed by atoms with Crippen molar-refractivity contribution >= 4 is 0 Å². The van der Waals surface area contributed by atoms with Crippen molar-refractivity contribution in [2.24, 2.45) is 0 Å². The monoisotopic (exact) mass is 224 g/mol. The Morgan fingerprint density at radius 3 is 1.88 bits per heavy atom. The van der Waals surface area contributed by atoms with Crippen LogP contribution in [-0.4, -0.2) is 7.11 Å². The molecule has 1 heteroatoms. The molecule has 0 saturated heterocycles. The van der Waals surface area contributed by atoms with Crippen LogP contribution in [-0.2, 0) is 4.74 Å². The maximum atomic E-state index is 5.13. The lowest BCUT2D eigenvalue weighted by atomic mass is 10.1. The van der Waals surface area contributed by atoms with Crippen LogP contribution in [0.5, 0.6) is 0 Å². The first-order valence-corrected chi connectivity index (χ1v) is 5.98. The van der Waals surface area contributed by atoms with E-state index in [2.05, 4.69) is 20.1 Å². The number of hydrogen-bond acceptors (Lipinski definition) is 1. The van der Waals surface area contributed by atoms with Crippen LogP contribution in [0.3, 0.4) is 0 Å². The summed E-state index contributed by atoms with van der Waals surface area (Å²) in [7, 11) is 1.65. The molecule has 0 amide bonds. The Balaban J connectivity index is -0.000000376. The van der Waals surface area contributed by atoms with Gasteiger partial charge < -0.3 is 4.74 Å². The van der Waals surface area contributed by atoms with Gasteiger partial charge in [-0.3, -0.25) is 0 Å². The molecule has 0 heterocycles. The molecule has 0 fully saturated rings. The molecule has 0 aromatic carbocycles. The summed E-state index contributed by atoms with van der Waals surface area (Å²) in [4.78, 5) is 0. The zero-order valence-electron chi connectivity index (χ0n) is 11.8. The molecule has 0 rings (SSSR count). The molecule has 94 valence electrons. The first-order chi connectivity index (χ1) is 7.79. The molecule has 1 nitrogen and oxygen atoms in total. The summed E-state index contributed by atoms with van der Waals surface area (Å²) in [5, 5.41) is 0. The highest BCUT2D eigenvalue weighted by atomic mass is 16.5. The van der Waals surface area contributed by atoms with Crippen molar-refractivity contribution in [1.82, 2.24) is 0 Å². The van der Waals surface area contributed by atoms with Crippen LogP contribution < -0.4 is 0 Å². The topological polar surface area (TPSA) is 9.23 Å². The summed E-state index contributed by atoms with van der Waals surface area (Å²) in [5.41, 5.74) is 1.13. The summed E-state index contributed by atoms with van der Waals surface area (Å²) in [6.45, 7) is 17.3. The summed E-state index contributed by atoms with van der Waals surface area (Å²) in [5.74, 6) is 0.829. The van der Waals surface area contributed by atoms with Gasteiger partial charge in [-0.15, -0.1) is 0 Å². The van der Waals surface area contributed by atoms with Gasteiger partial charge in [-0.2, -0.15) is 0 Å². The zero-order chi connectivity index (χ0) is 13.4. The van der Waals surface area contributed by atoms with Crippen molar-refractivity contribution in [2.75, 3.05) is 7.11 Å². The molecular formula is C15H28O. The van der Waals surface area contributed by atoms with Crippen LogP contribution in [0.1, 0.15) is 41.0 Å². The van der Waals surface area contributed by atoms with Gasteiger partial charge in [-0.05, 0) is 18.1 Å². The van der Waals surface area contributed by atoms with Crippen LogP contribution in [0.2, 0.25) is 0 Å². The van der Waals surface area contributed by atoms with E-state index in [0.717, 1.165) is 17.8 Å². The average molecular weight is 224 g/mol. The predicted octanol–water partition coefficient (Wildman–Crippen LogP) is 5.28. The summed E-state index contributed by atoms with van der Waals surface area (Å²) >= 11 is 0. The summed E-state index contributed by atoms with van der Waals surface area (Å²) in [6.07, 6.45) is 8.26. The van der Waals surface area contributed by atoms with Gasteiger partial charge in [0.05, 0.1) is 7.11 Å². The van der Waals surface area contributed by atoms with Gasteiger partial charge in [0.25, 0.3) is 0 Å². The van der Waals surface area contributed by atoms with Gasteiger partial charge in [0, 0.05) is 0 Å². The Morgan fingerprint density at radius 1 is 1.12 bits per heavy atom. The zero-order valence-corrected chi connectivity index (χ0v) is 11.8. The minimum Gasteiger partial charge on any atom is -0.497 e. The third-order valence-electron chi connectivity index (χ3n) is 1.54. The van der Waals surface area contributed by atoms with Gasteiger partial charge in [-0.25, -0.2) is 0 Å². The largest absolute Gasteiger partial charge is 0.497 e. The van der Waals surface area contributed by atoms with E-state index < -0.39 is 0 Å². The molecule has 0 aliphatic rings. The second kappa shape index (κ2) is 19.4.